The predicted octanol–water partition coefficient (Wildman–Crippen LogP) is 2.24. The van der Waals surface area contributed by atoms with Crippen LogP contribution in [0.4, 0.5) is 18.9 Å². The van der Waals surface area contributed by atoms with E-state index in [1.165, 1.54) is 13.2 Å². The van der Waals surface area contributed by atoms with Gasteiger partial charge in [-0.1, -0.05) is 11.6 Å². The molecular formula is C11H14ClF3N4O. The summed E-state index contributed by atoms with van der Waals surface area (Å²) in [7, 11) is 1.51. The third-order valence-electron chi connectivity index (χ3n) is 2.19. The summed E-state index contributed by atoms with van der Waals surface area (Å²) in [6, 6.07) is 3.08. The molecular weight excluding hydrogens is 297 g/mol. The molecule has 0 fully saturated rings. The predicted molar refractivity (Wildman–Crippen MR) is 71.6 cm³/mol. The minimum atomic E-state index is -4.48. The zero-order chi connectivity index (χ0) is 15.2. The Morgan fingerprint density at radius 3 is 2.65 bits per heavy atom. The molecule has 1 aromatic rings. The minimum Gasteiger partial charge on any atom is -0.383 e. The van der Waals surface area contributed by atoms with Gasteiger partial charge in [0, 0.05) is 17.8 Å². The van der Waals surface area contributed by atoms with Crippen LogP contribution in [-0.2, 0) is 10.9 Å². The van der Waals surface area contributed by atoms with Crippen molar-refractivity contribution in [1.82, 2.24) is 5.43 Å². The van der Waals surface area contributed by atoms with Crippen LogP contribution in [0.1, 0.15) is 5.56 Å². The Balaban J connectivity index is 2.91. The van der Waals surface area contributed by atoms with Crippen molar-refractivity contribution in [1.29, 1.82) is 0 Å². The second-order valence-corrected chi connectivity index (χ2v) is 4.16. The molecule has 1 aromatic carbocycles. The Hall–Kier alpha value is -1.51. The van der Waals surface area contributed by atoms with E-state index < -0.39 is 11.7 Å². The van der Waals surface area contributed by atoms with Gasteiger partial charge in [-0.2, -0.15) is 13.2 Å². The van der Waals surface area contributed by atoms with Gasteiger partial charge in [0.1, 0.15) is 0 Å². The van der Waals surface area contributed by atoms with Crippen molar-refractivity contribution < 1.29 is 17.9 Å². The summed E-state index contributed by atoms with van der Waals surface area (Å²) in [6.07, 6.45) is -4.48. The molecule has 0 aliphatic heterocycles. The second kappa shape index (κ2) is 7.32. The molecule has 0 bridgehead atoms. The number of hydrogen-bond donors (Lipinski definition) is 3. The van der Waals surface area contributed by atoms with Crippen LogP contribution in [0.2, 0.25) is 5.02 Å². The zero-order valence-electron chi connectivity index (χ0n) is 10.6. The van der Waals surface area contributed by atoms with Gasteiger partial charge in [0.2, 0.25) is 5.96 Å². The number of nitrogens with one attached hydrogen (secondary N) is 2. The molecule has 0 unspecified atom stereocenters. The maximum Gasteiger partial charge on any atom is 0.416 e. The highest BCUT2D eigenvalue weighted by atomic mass is 35.5. The van der Waals surface area contributed by atoms with Crippen molar-refractivity contribution in [3.05, 3.63) is 28.8 Å². The number of anilines is 1. The third kappa shape index (κ3) is 5.24. The van der Waals surface area contributed by atoms with Crippen molar-refractivity contribution in [2.24, 2.45) is 10.8 Å². The summed E-state index contributed by atoms with van der Waals surface area (Å²) in [5.41, 5.74) is 1.51. The van der Waals surface area contributed by atoms with Crippen molar-refractivity contribution in [2.45, 2.75) is 6.18 Å². The fourth-order valence-corrected chi connectivity index (χ4v) is 1.57. The lowest BCUT2D eigenvalue weighted by Crippen LogP contribution is -2.36. The van der Waals surface area contributed by atoms with Gasteiger partial charge in [0.15, 0.2) is 0 Å². The number of rotatable bonds is 4. The second-order valence-electron chi connectivity index (χ2n) is 3.72. The zero-order valence-corrected chi connectivity index (χ0v) is 11.3. The molecule has 0 saturated carbocycles. The lowest BCUT2D eigenvalue weighted by atomic mass is 10.2. The molecule has 0 aliphatic carbocycles. The summed E-state index contributed by atoms with van der Waals surface area (Å²) in [5, 5.41) is 2.57. The van der Waals surface area contributed by atoms with E-state index in [-0.39, 0.29) is 16.7 Å². The van der Waals surface area contributed by atoms with E-state index in [4.69, 9.17) is 22.2 Å². The average molecular weight is 311 g/mol. The van der Waals surface area contributed by atoms with Gasteiger partial charge < -0.3 is 10.1 Å². The van der Waals surface area contributed by atoms with Crippen LogP contribution < -0.4 is 16.6 Å². The van der Waals surface area contributed by atoms with Crippen LogP contribution in [-0.4, -0.2) is 26.2 Å². The van der Waals surface area contributed by atoms with Crippen molar-refractivity contribution in [2.75, 3.05) is 25.6 Å². The Labute approximate surface area is 118 Å². The van der Waals surface area contributed by atoms with Crippen LogP contribution in [0, 0.1) is 0 Å². The monoisotopic (exact) mass is 310 g/mol. The van der Waals surface area contributed by atoms with Gasteiger partial charge in [-0.3, -0.25) is 5.43 Å². The highest BCUT2D eigenvalue weighted by molar-refractivity contribution is 6.31. The summed E-state index contributed by atoms with van der Waals surface area (Å²) in [6.45, 7) is 0.659. The number of halogens is 4. The molecule has 0 aromatic heterocycles. The molecule has 112 valence electrons. The fraction of sp³-hybridized carbons (Fsp3) is 0.364. The standard InChI is InChI=1S/C11H14ClF3N4O/c1-20-3-2-17-10(19-16)18-9-5-7(11(13,14)15)4-8(12)6-9/h4-6H,2-3,16H2,1H3,(H2,17,18,19). The summed E-state index contributed by atoms with van der Waals surface area (Å²) in [4.78, 5) is 3.97. The Bertz CT molecular complexity index is 479. The maximum atomic E-state index is 12.6. The number of methoxy groups -OCH3 is 1. The molecule has 0 spiro atoms. The molecule has 9 heteroatoms. The SMILES string of the molecule is COCCN=C(NN)Nc1cc(Cl)cc(C(F)(F)F)c1. The third-order valence-corrected chi connectivity index (χ3v) is 2.41. The van der Waals surface area contributed by atoms with E-state index in [1.807, 2.05) is 0 Å². The van der Waals surface area contributed by atoms with Gasteiger partial charge in [0.05, 0.1) is 18.7 Å². The average Bonchev–Trinajstić information content (AvgIpc) is 2.36. The number of aliphatic imine (C=N–C) groups is 1. The van der Waals surface area contributed by atoms with Crippen molar-refractivity contribution in [3.8, 4) is 0 Å². The summed E-state index contributed by atoms with van der Waals surface area (Å²) < 4.78 is 42.7. The number of hydrogen-bond acceptors (Lipinski definition) is 3. The first-order valence-corrected chi connectivity index (χ1v) is 5.89. The van der Waals surface area contributed by atoms with Gasteiger partial charge >= 0.3 is 6.18 Å². The molecule has 5 nitrogen and oxygen atoms in total. The van der Waals surface area contributed by atoms with Crippen molar-refractivity contribution in [3.63, 3.8) is 0 Å². The Morgan fingerprint density at radius 2 is 2.10 bits per heavy atom. The fourth-order valence-electron chi connectivity index (χ4n) is 1.33. The first kappa shape index (κ1) is 16.5. The lowest BCUT2D eigenvalue weighted by Gasteiger charge is -2.13. The lowest BCUT2D eigenvalue weighted by molar-refractivity contribution is -0.137. The largest absolute Gasteiger partial charge is 0.416 e. The topological polar surface area (TPSA) is 71.7 Å². The van der Waals surface area contributed by atoms with Gasteiger partial charge in [-0.15, -0.1) is 0 Å². The number of benzene rings is 1. The molecule has 0 amide bonds. The highest BCUT2D eigenvalue weighted by Gasteiger charge is 2.31. The van der Waals surface area contributed by atoms with Crippen LogP contribution in [0.15, 0.2) is 23.2 Å². The molecule has 0 atom stereocenters. The van der Waals surface area contributed by atoms with Crippen LogP contribution >= 0.6 is 11.6 Å². The van der Waals surface area contributed by atoms with Gasteiger partial charge in [-0.25, -0.2) is 10.8 Å². The molecule has 0 radical (unpaired) electrons. The van der Waals surface area contributed by atoms with E-state index >= 15 is 0 Å². The van der Waals surface area contributed by atoms with Gasteiger partial charge in [0.25, 0.3) is 0 Å². The van der Waals surface area contributed by atoms with E-state index in [0.717, 1.165) is 12.1 Å². The van der Waals surface area contributed by atoms with Crippen LogP contribution in [0.3, 0.4) is 0 Å². The van der Waals surface area contributed by atoms with Gasteiger partial charge in [-0.05, 0) is 18.2 Å². The summed E-state index contributed by atoms with van der Waals surface area (Å²) in [5.74, 6) is 5.33. The number of guanidine groups is 1. The summed E-state index contributed by atoms with van der Waals surface area (Å²) >= 11 is 5.66. The van der Waals surface area contributed by atoms with E-state index in [1.54, 1.807) is 0 Å². The quantitative estimate of drug-likeness (QED) is 0.262. The van der Waals surface area contributed by atoms with E-state index in [0.29, 0.717) is 13.2 Å². The number of ether oxygens (including phenoxy) is 1. The molecule has 0 heterocycles. The molecule has 0 saturated heterocycles. The smallest absolute Gasteiger partial charge is 0.383 e. The normalized spacial score (nSPS) is 12.4. The maximum absolute atomic E-state index is 12.6. The first-order valence-electron chi connectivity index (χ1n) is 5.51. The van der Waals surface area contributed by atoms with E-state index in [2.05, 4.69) is 15.7 Å². The number of nitrogens with zero attached hydrogens (tertiary/aromatic N) is 1. The molecule has 4 N–H and O–H groups in total. The highest BCUT2D eigenvalue weighted by Crippen LogP contribution is 2.33. The Kier molecular flexibility index (Phi) is 6.05. The first-order chi connectivity index (χ1) is 9.36. The Morgan fingerprint density at radius 1 is 1.40 bits per heavy atom. The van der Waals surface area contributed by atoms with E-state index in [9.17, 15) is 13.2 Å². The molecule has 0 aliphatic rings. The van der Waals surface area contributed by atoms with Crippen molar-refractivity contribution >= 4 is 23.2 Å². The number of nitrogens with two attached hydrogens (primary N) is 1. The number of alkyl halides is 3. The molecule has 1 rings (SSSR count). The van der Waals surface area contributed by atoms with Crippen LogP contribution in [0.25, 0.3) is 0 Å². The number of hydrazine groups is 1. The van der Waals surface area contributed by atoms with Crippen LogP contribution in [0.5, 0.6) is 0 Å². The minimum absolute atomic E-state index is 0.0458. The molecule has 20 heavy (non-hydrogen) atoms.